The fourth-order valence-electron chi connectivity index (χ4n) is 1.09. The molecule has 0 heterocycles. The number of hydrogen-bond donors (Lipinski definition) is 0. The lowest BCUT2D eigenvalue weighted by Crippen LogP contribution is -2.16. The van der Waals surface area contributed by atoms with Gasteiger partial charge in [0.15, 0.2) is 0 Å². The van der Waals surface area contributed by atoms with Crippen LogP contribution in [0.3, 0.4) is 0 Å². The molecule has 0 aromatic carbocycles. The van der Waals surface area contributed by atoms with E-state index in [2.05, 4.69) is 67.4 Å². The molecule has 0 unspecified atom stereocenters. The molecular weight excluding hydrogens is 169 g/mol. The third-order valence-corrected chi connectivity index (χ3v) is 2.07. The minimum absolute atomic E-state index is 0.174. The first kappa shape index (κ1) is 13.5. The molecule has 0 spiro atoms. The van der Waals surface area contributed by atoms with Crippen molar-refractivity contribution in [3.63, 3.8) is 0 Å². The molecule has 0 atom stereocenters. The van der Waals surface area contributed by atoms with Gasteiger partial charge in [0.25, 0.3) is 0 Å². The zero-order valence-corrected chi connectivity index (χ0v) is 11.0. The molecule has 0 amide bonds. The second-order valence-corrected chi connectivity index (χ2v) is 6.10. The Kier molecular flexibility index (Phi) is 4.17. The number of aliphatic imine (C=N–C) groups is 1. The van der Waals surface area contributed by atoms with Crippen LogP contribution in [0, 0.1) is 5.41 Å². The van der Waals surface area contributed by atoms with Crippen molar-refractivity contribution in [2.24, 2.45) is 10.4 Å². The van der Waals surface area contributed by atoms with Crippen LogP contribution in [0.25, 0.3) is 0 Å². The van der Waals surface area contributed by atoms with E-state index in [9.17, 15) is 0 Å². The summed E-state index contributed by atoms with van der Waals surface area (Å²) in [6.45, 7) is 15.1. The largest absolute Gasteiger partial charge is 0.263 e. The first-order valence-electron chi connectivity index (χ1n) is 5.27. The molecular formula is C12H24BN. The molecule has 0 aliphatic rings. The summed E-state index contributed by atoms with van der Waals surface area (Å²) in [5, 5.41) is 0.214. The van der Waals surface area contributed by atoms with Gasteiger partial charge in [0.05, 0.1) is 0 Å². The Hall–Kier alpha value is -0.525. The minimum atomic E-state index is 0.174. The molecule has 80 valence electrons. The van der Waals surface area contributed by atoms with Crippen molar-refractivity contribution < 1.29 is 0 Å². The monoisotopic (exact) mass is 193 g/mol. The summed E-state index contributed by atoms with van der Waals surface area (Å²) < 4.78 is 0. The molecule has 0 saturated carbocycles. The maximum Gasteiger partial charge on any atom is 0.113 e. The average Bonchev–Trinajstić information content (AvgIpc) is 1.79. The summed E-state index contributed by atoms with van der Waals surface area (Å²) >= 11 is 0. The molecule has 0 fully saturated rings. The lowest BCUT2D eigenvalue weighted by molar-refractivity contribution is 0.587. The van der Waals surface area contributed by atoms with E-state index < -0.39 is 0 Å². The van der Waals surface area contributed by atoms with E-state index in [1.807, 2.05) is 0 Å². The van der Waals surface area contributed by atoms with Crippen molar-refractivity contribution in [1.82, 2.24) is 0 Å². The summed E-state index contributed by atoms with van der Waals surface area (Å²) in [7, 11) is 2.19. The van der Waals surface area contributed by atoms with Crippen LogP contribution in [-0.4, -0.2) is 13.6 Å². The first-order chi connectivity index (χ1) is 6.02. The summed E-state index contributed by atoms with van der Waals surface area (Å²) in [6, 6.07) is 0. The normalized spacial score (nSPS) is 15.9. The molecule has 14 heavy (non-hydrogen) atoms. The van der Waals surface area contributed by atoms with Crippen LogP contribution in [0.15, 0.2) is 16.8 Å². The smallest absolute Gasteiger partial charge is 0.113 e. The summed E-state index contributed by atoms with van der Waals surface area (Å²) in [5.74, 6) is 0. The Morgan fingerprint density at radius 3 is 1.79 bits per heavy atom. The zero-order chi connectivity index (χ0) is 11.6. The highest BCUT2D eigenvalue weighted by molar-refractivity contribution is 6.16. The van der Waals surface area contributed by atoms with Gasteiger partial charge < -0.3 is 0 Å². The molecule has 0 saturated heterocycles. The van der Waals surface area contributed by atoms with Gasteiger partial charge in [-0.15, -0.1) is 0 Å². The van der Waals surface area contributed by atoms with Gasteiger partial charge in [0.1, 0.15) is 7.85 Å². The number of hydrogen-bond acceptors (Lipinski definition) is 1. The van der Waals surface area contributed by atoms with Gasteiger partial charge in [-0.1, -0.05) is 40.7 Å². The highest BCUT2D eigenvalue weighted by Gasteiger charge is 2.14. The molecule has 0 aromatic heterocycles. The van der Waals surface area contributed by atoms with Crippen LogP contribution in [0.4, 0.5) is 0 Å². The molecule has 0 aliphatic carbocycles. The second kappa shape index (κ2) is 4.33. The predicted octanol–water partition coefficient (Wildman–Crippen LogP) is 3.23. The predicted molar refractivity (Wildman–Crippen MR) is 68.9 cm³/mol. The van der Waals surface area contributed by atoms with Crippen LogP contribution >= 0.6 is 0 Å². The van der Waals surface area contributed by atoms with E-state index >= 15 is 0 Å². The Morgan fingerprint density at radius 1 is 1.07 bits per heavy atom. The fraction of sp³-hybridized carbons (Fsp3) is 0.750. The summed E-state index contributed by atoms with van der Waals surface area (Å²) in [5.41, 5.74) is 2.48. The Bertz CT molecular complexity index is 248. The Balaban J connectivity index is 4.77. The van der Waals surface area contributed by atoms with Gasteiger partial charge in [0, 0.05) is 11.4 Å². The quantitative estimate of drug-likeness (QED) is 0.471. The zero-order valence-electron chi connectivity index (χ0n) is 11.0. The summed E-state index contributed by atoms with van der Waals surface area (Å²) in [4.78, 5) is 4.61. The maximum absolute atomic E-state index is 4.61. The highest BCUT2D eigenvalue weighted by Crippen LogP contribution is 2.24. The third-order valence-electron chi connectivity index (χ3n) is 2.07. The Labute approximate surface area is 90.1 Å². The van der Waals surface area contributed by atoms with Crippen molar-refractivity contribution in [3.8, 4) is 0 Å². The fourth-order valence-corrected chi connectivity index (χ4v) is 1.09. The molecule has 0 N–H and O–H groups in total. The van der Waals surface area contributed by atoms with Crippen molar-refractivity contribution in [2.45, 2.75) is 53.8 Å². The number of nitrogens with zero attached hydrogens (tertiary/aromatic N) is 1. The first-order valence-corrected chi connectivity index (χ1v) is 5.27. The van der Waals surface area contributed by atoms with Crippen LogP contribution in [0.2, 0.25) is 5.31 Å². The van der Waals surface area contributed by atoms with Crippen LogP contribution in [0.1, 0.15) is 48.5 Å². The van der Waals surface area contributed by atoms with Gasteiger partial charge in [-0.05, 0) is 24.6 Å². The molecule has 0 bridgehead atoms. The van der Waals surface area contributed by atoms with E-state index in [1.165, 1.54) is 5.71 Å². The van der Waals surface area contributed by atoms with Crippen molar-refractivity contribution >= 4 is 13.6 Å². The Morgan fingerprint density at radius 2 is 1.50 bits per heavy atom. The molecule has 1 nitrogen and oxygen atoms in total. The van der Waals surface area contributed by atoms with E-state index in [1.54, 1.807) is 0 Å². The van der Waals surface area contributed by atoms with E-state index in [0.717, 1.165) is 5.70 Å². The highest BCUT2D eigenvalue weighted by atomic mass is 14.8. The van der Waals surface area contributed by atoms with Crippen LogP contribution in [0.5, 0.6) is 0 Å². The molecule has 0 aromatic rings. The molecule has 2 heteroatoms. The molecule has 0 rings (SSSR count). The van der Waals surface area contributed by atoms with E-state index in [4.69, 9.17) is 0 Å². The lowest BCUT2D eigenvalue weighted by Gasteiger charge is -2.19. The number of rotatable bonds is 2. The lowest BCUT2D eigenvalue weighted by atomic mass is 9.72. The van der Waals surface area contributed by atoms with Gasteiger partial charge >= 0.3 is 0 Å². The van der Waals surface area contributed by atoms with Crippen LogP contribution < -0.4 is 0 Å². The second-order valence-electron chi connectivity index (χ2n) is 6.10. The van der Waals surface area contributed by atoms with E-state index in [0.29, 0.717) is 0 Å². The van der Waals surface area contributed by atoms with Gasteiger partial charge in [0.2, 0.25) is 0 Å². The van der Waals surface area contributed by atoms with E-state index in [-0.39, 0.29) is 10.7 Å². The maximum atomic E-state index is 4.61. The van der Waals surface area contributed by atoms with Gasteiger partial charge in [-0.25, -0.2) is 0 Å². The minimum Gasteiger partial charge on any atom is -0.263 e. The molecule has 0 radical (unpaired) electrons. The van der Waals surface area contributed by atoms with Crippen molar-refractivity contribution in [2.75, 3.05) is 0 Å². The average molecular weight is 193 g/mol. The summed E-state index contributed by atoms with van der Waals surface area (Å²) in [6.07, 6.45) is 2.21. The standard InChI is InChI=1S/C12H24BN/c1-9(8-12(6,7)13)14-10(2)11(3,4)5/h8H,13H2,1-7H3/b9-8-,14-10-. The number of allylic oxidation sites excluding steroid dienone is 2. The van der Waals surface area contributed by atoms with Gasteiger partial charge in [-0.2, -0.15) is 0 Å². The third kappa shape index (κ3) is 6.01. The van der Waals surface area contributed by atoms with Crippen molar-refractivity contribution in [3.05, 3.63) is 11.8 Å². The van der Waals surface area contributed by atoms with Gasteiger partial charge in [-0.3, -0.25) is 4.99 Å². The SMILES string of the molecule is BC(C)(C)/C=C(C)\N=C(\C)C(C)(C)C. The topological polar surface area (TPSA) is 12.4 Å². The molecule has 0 aliphatic heterocycles. The van der Waals surface area contributed by atoms with Crippen molar-refractivity contribution in [1.29, 1.82) is 0 Å². The van der Waals surface area contributed by atoms with Crippen LogP contribution in [-0.2, 0) is 0 Å².